The Bertz CT molecular complexity index is 128. The van der Waals surface area contributed by atoms with Gasteiger partial charge in [-0.1, -0.05) is 20.8 Å². The first-order chi connectivity index (χ1) is 6.07. The quantitative estimate of drug-likeness (QED) is 0.598. The molecule has 0 saturated carbocycles. The summed E-state index contributed by atoms with van der Waals surface area (Å²) in [5, 5.41) is 20.4. The highest BCUT2D eigenvalue weighted by molar-refractivity contribution is 5.67. The minimum Gasteiger partial charge on any atom is -0.481 e. The standard InChI is InChI=1S/C7H15NO3.C2H6/c1-5(3-7(10)11)6(9)4-8-2;1-2/h5-6,8-9H,3-4H2,1-2H3,(H,10,11);1-2H3. The molecule has 3 N–H and O–H groups in total. The van der Waals surface area contributed by atoms with Crippen LogP contribution in [0.25, 0.3) is 0 Å². The lowest BCUT2D eigenvalue weighted by Gasteiger charge is -2.15. The van der Waals surface area contributed by atoms with Gasteiger partial charge in [-0.05, 0) is 13.0 Å². The highest BCUT2D eigenvalue weighted by atomic mass is 16.4. The summed E-state index contributed by atoms with van der Waals surface area (Å²) in [6, 6.07) is 0. The van der Waals surface area contributed by atoms with Crippen molar-refractivity contribution in [1.29, 1.82) is 0 Å². The number of aliphatic hydroxyl groups excluding tert-OH is 1. The fourth-order valence-corrected chi connectivity index (χ4v) is 0.822. The van der Waals surface area contributed by atoms with Crippen molar-refractivity contribution >= 4 is 5.97 Å². The van der Waals surface area contributed by atoms with Crippen LogP contribution in [0, 0.1) is 5.92 Å². The third-order valence-corrected chi connectivity index (χ3v) is 1.57. The minimum absolute atomic E-state index is 0.0167. The summed E-state index contributed by atoms with van der Waals surface area (Å²) < 4.78 is 0. The number of aliphatic carboxylic acids is 1. The predicted octanol–water partition coefficient (Wildman–Crippen LogP) is 0.704. The van der Waals surface area contributed by atoms with Crippen molar-refractivity contribution in [3.63, 3.8) is 0 Å². The summed E-state index contributed by atoms with van der Waals surface area (Å²) in [7, 11) is 1.72. The summed E-state index contributed by atoms with van der Waals surface area (Å²) in [6.45, 7) is 6.16. The molecular weight excluding hydrogens is 170 g/mol. The second-order valence-electron chi connectivity index (χ2n) is 2.70. The van der Waals surface area contributed by atoms with E-state index in [0.29, 0.717) is 6.54 Å². The second kappa shape index (κ2) is 9.48. The van der Waals surface area contributed by atoms with Gasteiger partial charge in [-0.15, -0.1) is 0 Å². The molecule has 0 aromatic heterocycles. The Balaban J connectivity index is 0. The number of hydrogen-bond acceptors (Lipinski definition) is 3. The van der Waals surface area contributed by atoms with E-state index in [9.17, 15) is 9.90 Å². The Morgan fingerprint density at radius 3 is 2.23 bits per heavy atom. The summed E-state index contributed by atoms with van der Waals surface area (Å²) in [5.74, 6) is -1.06. The number of aliphatic hydroxyl groups is 1. The van der Waals surface area contributed by atoms with Crippen LogP contribution in [0.4, 0.5) is 0 Å². The molecule has 0 saturated heterocycles. The molecule has 0 spiro atoms. The first kappa shape index (κ1) is 14.9. The zero-order valence-corrected chi connectivity index (χ0v) is 8.87. The number of carbonyl (C=O) groups is 1. The van der Waals surface area contributed by atoms with Gasteiger partial charge in [0.2, 0.25) is 0 Å². The van der Waals surface area contributed by atoms with Gasteiger partial charge in [0.1, 0.15) is 0 Å². The SMILES string of the molecule is CC.CNCC(O)C(C)CC(=O)O. The van der Waals surface area contributed by atoms with E-state index >= 15 is 0 Å². The maximum absolute atomic E-state index is 10.2. The van der Waals surface area contributed by atoms with E-state index in [0.717, 1.165) is 0 Å². The highest BCUT2D eigenvalue weighted by Crippen LogP contribution is 2.06. The van der Waals surface area contributed by atoms with Crippen LogP contribution in [0.2, 0.25) is 0 Å². The predicted molar refractivity (Wildman–Crippen MR) is 52.7 cm³/mol. The van der Waals surface area contributed by atoms with Gasteiger partial charge in [-0.3, -0.25) is 4.79 Å². The number of hydrogen-bond donors (Lipinski definition) is 3. The topological polar surface area (TPSA) is 69.6 Å². The van der Waals surface area contributed by atoms with Gasteiger partial charge in [0.25, 0.3) is 0 Å². The minimum atomic E-state index is -0.868. The van der Waals surface area contributed by atoms with Crippen molar-refractivity contribution in [1.82, 2.24) is 5.32 Å². The second-order valence-corrected chi connectivity index (χ2v) is 2.70. The number of carboxylic acids is 1. The fourth-order valence-electron chi connectivity index (χ4n) is 0.822. The van der Waals surface area contributed by atoms with E-state index in [4.69, 9.17) is 5.11 Å². The monoisotopic (exact) mass is 191 g/mol. The number of likely N-dealkylation sites (N-methyl/N-ethyl adjacent to an activating group) is 1. The van der Waals surface area contributed by atoms with Crippen LogP contribution in [0.3, 0.4) is 0 Å². The van der Waals surface area contributed by atoms with Crippen LogP contribution in [0.5, 0.6) is 0 Å². The van der Waals surface area contributed by atoms with Crippen molar-refractivity contribution in [3.8, 4) is 0 Å². The summed E-state index contributed by atoms with van der Waals surface area (Å²) in [5.41, 5.74) is 0. The molecule has 0 aliphatic rings. The molecule has 0 aliphatic heterocycles. The lowest BCUT2D eigenvalue weighted by molar-refractivity contribution is -0.138. The molecule has 0 aromatic carbocycles. The van der Waals surface area contributed by atoms with E-state index in [1.165, 1.54) is 0 Å². The van der Waals surface area contributed by atoms with Gasteiger partial charge in [-0.2, -0.15) is 0 Å². The van der Waals surface area contributed by atoms with Crippen molar-refractivity contribution in [3.05, 3.63) is 0 Å². The molecule has 0 aliphatic carbocycles. The van der Waals surface area contributed by atoms with Gasteiger partial charge < -0.3 is 15.5 Å². The molecule has 13 heavy (non-hydrogen) atoms. The zero-order chi connectivity index (χ0) is 10.9. The molecule has 2 atom stereocenters. The fraction of sp³-hybridized carbons (Fsp3) is 0.889. The number of nitrogens with one attached hydrogen (secondary N) is 1. The maximum Gasteiger partial charge on any atom is 0.303 e. The third-order valence-electron chi connectivity index (χ3n) is 1.57. The number of rotatable bonds is 5. The van der Waals surface area contributed by atoms with E-state index < -0.39 is 12.1 Å². The molecule has 0 fully saturated rings. The van der Waals surface area contributed by atoms with Crippen LogP contribution in [0.1, 0.15) is 27.2 Å². The Hall–Kier alpha value is -0.610. The third kappa shape index (κ3) is 9.30. The molecule has 4 heteroatoms. The van der Waals surface area contributed by atoms with Crippen molar-refractivity contribution < 1.29 is 15.0 Å². The summed E-state index contributed by atoms with van der Waals surface area (Å²) >= 11 is 0. The molecular formula is C9H21NO3. The molecule has 0 radical (unpaired) electrons. The van der Waals surface area contributed by atoms with Gasteiger partial charge in [0.15, 0.2) is 0 Å². The van der Waals surface area contributed by atoms with E-state index in [-0.39, 0.29) is 12.3 Å². The van der Waals surface area contributed by atoms with Crippen LogP contribution in [0.15, 0.2) is 0 Å². The molecule has 0 bridgehead atoms. The molecule has 0 amide bonds. The Morgan fingerprint density at radius 1 is 1.46 bits per heavy atom. The van der Waals surface area contributed by atoms with Gasteiger partial charge in [0.05, 0.1) is 12.5 Å². The first-order valence-electron chi connectivity index (χ1n) is 4.62. The van der Waals surface area contributed by atoms with E-state index in [1.54, 1.807) is 14.0 Å². The molecule has 0 aromatic rings. The Labute approximate surface area is 80.0 Å². The van der Waals surface area contributed by atoms with Crippen molar-refractivity contribution in [2.75, 3.05) is 13.6 Å². The average molecular weight is 191 g/mol. The van der Waals surface area contributed by atoms with Crippen molar-refractivity contribution in [2.24, 2.45) is 5.92 Å². The van der Waals surface area contributed by atoms with Crippen molar-refractivity contribution in [2.45, 2.75) is 33.3 Å². The number of carboxylic acid groups (broad SMARTS) is 1. The lowest BCUT2D eigenvalue weighted by atomic mass is 10.0. The zero-order valence-electron chi connectivity index (χ0n) is 8.87. The lowest BCUT2D eigenvalue weighted by Crippen LogP contribution is -2.30. The Kier molecular flexibility index (Phi) is 10.9. The maximum atomic E-state index is 10.2. The van der Waals surface area contributed by atoms with Gasteiger partial charge in [-0.25, -0.2) is 0 Å². The van der Waals surface area contributed by atoms with Gasteiger partial charge >= 0.3 is 5.97 Å². The summed E-state index contributed by atoms with van der Waals surface area (Å²) in [4.78, 5) is 10.2. The smallest absolute Gasteiger partial charge is 0.303 e. The van der Waals surface area contributed by atoms with Gasteiger partial charge in [0, 0.05) is 6.54 Å². The molecule has 2 unspecified atom stereocenters. The van der Waals surface area contributed by atoms with Crippen LogP contribution in [-0.2, 0) is 4.79 Å². The highest BCUT2D eigenvalue weighted by Gasteiger charge is 2.15. The summed E-state index contributed by atoms with van der Waals surface area (Å²) in [6.07, 6.45) is -0.556. The van der Waals surface area contributed by atoms with E-state index in [2.05, 4.69) is 5.32 Å². The molecule has 4 nitrogen and oxygen atoms in total. The normalized spacial score (nSPS) is 13.9. The van der Waals surface area contributed by atoms with E-state index in [1.807, 2.05) is 13.8 Å². The molecule has 0 heterocycles. The Morgan fingerprint density at radius 2 is 1.92 bits per heavy atom. The largest absolute Gasteiger partial charge is 0.481 e. The average Bonchev–Trinajstić information content (AvgIpc) is 2.07. The molecule has 80 valence electrons. The van der Waals surface area contributed by atoms with Crippen LogP contribution in [-0.4, -0.2) is 35.9 Å². The first-order valence-corrected chi connectivity index (χ1v) is 4.62. The van der Waals surface area contributed by atoms with Crippen LogP contribution >= 0.6 is 0 Å². The van der Waals surface area contributed by atoms with Crippen LogP contribution < -0.4 is 5.32 Å². The molecule has 0 rings (SSSR count).